The minimum absolute atomic E-state index is 0.00539. The number of hydrogen-bond donors (Lipinski definition) is 0. The molecule has 0 atom stereocenters. The van der Waals surface area contributed by atoms with Gasteiger partial charge in [0.05, 0.1) is 17.1 Å². The van der Waals surface area contributed by atoms with Crippen molar-refractivity contribution in [1.82, 2.24) is 0 Å². The summed E-state index contributed by atoms with van der Waals surface area (Å²) < 4.78 is 10.6. The second-order valence-corrected chi connectivity index (χ2v) is 4.95. The van der Waals surface area contributed by atoms with Gasteiger partial charge in [-0.15, -0.1) is 0 Å². The van der Waals surface area contributed by atoms with Crippen molar-refractivity contribution < 1.29 is 19.2 Å². The van der Waals surface area contributed by atoms with E-state index in [4.69, 9.17) is 21.1 Å². The number of benzene rings is 2. The largest absolute Gasteiger partial charge is 0.493 e. The molecule has 120 valence electrons. The zero-order valence-electron chi connectivity index (χ0n) is 12.3. The van der Waals surface area contributed by atoms with Crippen LogP contribution in [0, 0.1) is 10.1 Å². The SMILES string of the molecule is CCOc1ccccc1COC(=O)c1ccc(Cl)c([N+](=O)[O-])c1. The molecule has 0 amide bonds. The third-order valence-corrected chi connectivity index (χ3v) is 3.33. The average Bonchev–Trinajstić information content (AvgIpc) is 2.54. The van der Waals surface area contributed by atoms with Crippen molar-refractivity contribution in [2.75, 3.05) is 6.61 Å². The molecule has 2 aromatic carbocycles. The minimum atomic E-state index is -0.670. The van der Waals surface area contributed by atoms with Gasteiger partial charge in [-0.3, -0.25) is 10.1 Å². The highest BCUT2D eigenvalue weighted by Gasteiger charge is 2.17. The summed E-state index contributed by atoms with van der Waals surface area (Å²) in [7, 11) is 0. The molecule has 0 aromatic heterocycles. The van der Waals surface area contributed by atoms with Crippen molar-refractivity contribution in [2.45, 2.75) is 13.5 Å². The van der Waals surface area contributed by atoms with E-state index in [0.29, 0.717) is 17.9 Å². The van der Waals surface area contributed by atoms with E-state index in [2.05, 4.69) is 0 Å². The molecule has 23 heavy (non-hydrogen) atoms. The topological polar surface area (TPSA) is 78.7 Å². The van der Waals surface area contributed by atoms with E-state index in [1.807, 2.05) is 13.0 Å². The molecule has 0 fully saturated rings. The predicted molar refractivity (Wildman–Crippen MR) is 84.8 cm³/mol. The summed E-state index contributed by atoms with van der Waals surface area (Å²) in [5.41, 5.74) is 0.442. The maximum Gasteiger partial charge on any atom is 0.338 e. The van der Waals surface area contributed by atoms with Crippen molar-refractivity contribution >= 4 is 23.3 Å². The first-order chi connectivity index (χ1) is 11.0. The van der Waals surface area contributed by atoms with Crippen molar-refractivity contribution in [3.63, 3.8) is 0 Å². The van der Waals surface area contributed by atoms with Crippen LogP contribution in [0.1, 0.15) is 22.8 Å². The van der Waals surface area contributed by atoms with Gasteiger partial charge in [-0.2, -0.15) is 0 Å². The quantitative estimate of drug-likeness (QED) is 0.453. The number of carbonyl (C=O) groups is 1. The molecule has 0 bridgehead atoms. The lowest BCUT2D eigenvalue weighted by molar-refractivity contribution is -0.384. The summed E-state index contributed by atoms with van der Waals surface area (Å²) in [5.74, 6) is -0.0408. The molecule has 0 saturated heterocycles. The molecule has 7 heteroatoms. The Balaban J connectivity index is 2.11. The van der Waals surface area contributed by atoms with E-state index in [1.165, 1.54) is 12.1 Å². The van der Waals surface area contributed by atoms with Crippen LogP contribution in [0.25, 0.3) is 0 Å². The highest BCUT2D eigenvalue weighted by atomic mass is 35.5. The highest BCUT2D eigenvalue weighted by molar-refractivity contribution is 6.32. The Morgan fingerprint density at radius 2 is 2.00 bits per heavy atom. The number of hydrogen-bond acceptors (Lipinski definition) is 5. The van der Waals surface area contributed by atoms with Crippen LogP contribution >= 0.6 is 11.6 Å². The van der Waals surface area contributed by atoms with Crippen molar-refractivity contribution in [1.29, 1.82) is 0 Å². The van der Waals surface area contributed by atoms with Crippen LogP contribution in [0.15, 0.2) is 42.5 Å². The second-order valence-electron chi connectivity index (χ2n) is 4.54. The fraction of sp³-hybridized carbons (Fsp3) is 0.188. The molecule has 0 radical (unpaired) electrons. The molecule has 6 nitrogen and oxygen atoms in total. The van der Waals surface area contributed by atoms with Crippen LogP contribution in [-0.4, -0.2) is 17.5 Å². The molecule has 0 aliphatic carbocycles. The Bertz CT molecular complexity index is 732. The number of ether oxygens (including phenoxy) is 2. The van der Waals surface area contributed by atoms with Crippen LogP contribution in [-0.2, 0) is 11.3 Å². The lowest BCUT2D eigenvalue weighted by Crippen LogP contribution is -2.07. The monoisotopic (exact) mass is 335 g/mol. The van der Waals surface area contributed by atoms with E-state index in [-0.39, 0.29) is 22.9 Å². The number of carbonyl (C=O) groups excluding carboxylic acids is 1. The number of nitro groups is 1. The molecule has 0 aliphatic heterocycles. The van der Waals surface area contributed by atoms with Crippen molar-refractivity contribution in [3.8, 4) is 5.75 Å². The lowest BCUT2D eigenvalue weighted by Gasteiger charge is -2.10. The van der Waals surface area contributed by atoms with Gasteiger partial charge < -0.3 is 9.47 Å². The number of nitro benzene ring substituents is 1. The summed E-state index contributed by atoms with van der Waals surface area (Å²) >= 11 is 5.71. The summed E-state index contributed by atoms with van der Waals surface area (Å²) in [6, 6.07) is 11.0. The van der Waals surface area contributed by atoms with Gasteiger partial charge in [0, 0.05) is 11.6 Å². The Labute approximate surface area is 137 Å². The third kappa shape index (κ3) is 4.20. The van der Waals surface area contributed by atoms with Gasteiger partial charge in [-0.05, 0) is 25.1 Å². The lowest BCUT2D eigenvalue weighted by atomic mass is 10.2. The van der Waals surface area contributed by atoms with Crippen molar-refractivity contribution in [2.24, 2.45) is 0 Å². The van der Waals surface area contributed by atoms with E-state index in [1.54, 1.807) is 18.2 Å². The van der Waals surface area contributed by atoms with Crippen LogP contribution < -0.4 is 4.74 Å². The second kappa shape index (κ2) is 7.60. The summed E-state index contributed by atoms with van der Waals surface area (Å²) in [6.07, 6.45) is 0. The fourth-order valence-electron chi connectivity index (χ4n) is 1.93. The van der Waals surface area contributed by atoms with Gasteiger partial charge in [0.15, 0.2) is 0 Å². The predicted octanol–water partition coefficient (Wildman–Crippen LogP) is 4.00. The van der Waals surface area contributed by atoms with Crippen LogP contribution in [0.3, 0.4) is 0 Å². The van der Waals surface area contributed by atoms with Gasteiger partial charge in [0.2, 0.25) is 0 Å². The fourth-order valence-corrected chi connectivity index (χ4v) is 2.11. The zero-order chi connectivity index (χ0) is 16.8. The Morgan fingerprint density at radius 1 is 1.26 bits per heavy atom. The smallest absolute Gasteiger partial charge is 0.338 e. The van der Waals surface area contributed by atoms with E-state index in [0.717, 1.165) is 6.07 Å². The van der Waals surface area contributed by atoms with Crippen LogP contribution in [0.5, 0.6) is 5.75 Å². The first-order valence-electron chi connectivity index (χ1n) is 6.84. The van der Waals surface area contributed by atoms with Gasteiger partial charge in [-0.1, -0.05) is 29.8 Å². The number of halogens is 1. The average molecular weight is 336 g/mol. The third-order valence-electron chi connectivity index (χ3n) is 3.01. The first kappa shape index (κ1) is 16.8. The van der Waals surface area contributed by atoms with Gasteiger partial charge in [-0.25, -0.2) is 4.79 Å². The summed E-state index contributed by atoms with van der Waals surface area (Å²) in [5, 5.41) is 10.8. The van der Waals surface area contributed by atoms with Gasteiger partial charge in [0.25, 0.3) is 5.69 Å². The Kier molecular flexibility index (Phi) is 5.54. The van der Waals surface area contributed by atoms with Crippen LogP contribution in [0.2, 0.25) is 5.02 Å². The van der Waals surface area contributed by atoms with E-state index in [9.17, 15) is 14.9 Å². The molecular weight excluding hydrogens is 322 g/mol. The molecule has 0 spiro atoms. The molecule has 2 aromatic rings. The molecule has 0 N–H and O–H groups in total. The zero-order valence-corrected chi connectivity index (χ0v) is 13.1. The van der Waals surface area contributed by atoms with Gasteiger partial charge >= 0.3 is 5.97 Å². The molecule has 0 saturated carbocycles. The Hall–Kier alpha value is -2.60. The standard InChI is InChI=1S/C16H14ClNO5/c1-2-22-15-6-4-3-5-12(15)10-23-16(19)11-7-8-13(17)14(9-11)18(20)21/h3-9H,2,10H2,1H3. The molecule has 0 heterocycles. The molecule has 2 rings (SSSR count). The summed E-state index contributed by atoms with van der Waals surface area (Å²) in [4.78, 5) is 22.2. The maximum absolute atomic E-state index is 12.0. The van der Waals surface area contributed by atoms with Gasteiger partial charge in [0.1, 0.15) is 17.4 Å². The maximum atomic E-state index is 12.0. The molecule has 0 aliphatic rings. The molecular formula is C16H14ClNO5. The molecule has 0 unspecified atom stereocenters. The number of nitrogens with zero attached hydrogens (tertiary/aromatic N) is 1. The summed E-state index contributed by atoms with van der Waals surface area (Å²) in [6.45, 7) is 2.36. The number of para-hydroxylation sites is 1. The Morgan fingerprint density at radius 3 is 2.70 bits per heavy atom. The highest BCUT2D eigenvalue weighted by Crippen LogP contribution is 2.26. The van der Waals surface area contributed by atoms with Crippen molar-refractivity contribution in [3.05, 3.63) is 68.7 Å². The first-order valence-corrected chi connectivity index (χ1v) is 7.22. The van der Waals surface area contributed by atoms with E-state index >= 15 is 0 Å². The number of rotatable bonds is 6. The van der Waals surface area contributed by atoms with E-state index < -0.39 is 10.9 Å². The number of esters is 1. The minimum Gasteiger partial charge on any atom is -0.493 e. The normalized spacial score (nSPS) is 10.2. The van der Waals surface area contributed by atoms with Crippen LogP contribution in [0.4, 0.5) is 5.69 Å².